The minimum absolute atomic E-state index is 0.117. The minimum atomic E-state index is 0.117. The molecule has 1 saturated carbocycles. The fraction of sp³-hybridized carbons (Fsp3) is 0.650. The van der Waals surface area contributed by atoms with Crippen LogP contribution in [0.1, 0.15) is 37.3 Å². The van der Waals surface area contributed by atoms with Crippen molar-refractivity contribution in [3.05, 3.63) is 35.9 Å². The van der Waals surface area contributed by atoms with E-state index in [0.717, 1.165) is 44.3 Å². The number of fused-ring (bicyclic) bond motifs is 1. The van der Waals surface area contributed by atoms with E-state index >= 15 is 0 Å². The van der Waals surface area contributed by atoms with E-state index in [9.17, 15) is 4.79 Å². The molecule has 4 heteroatoms. The maximum atomic E-state index is 12.7. The van der Waals surface area contributed by atoms with Gasteiger partial charge in [0.2, 0.25) is 5.91 Å². The first-order valence-corrected chi connectivity index (χ1v) is 9.58. The number of carbonyl (C=O) groups is 1. The third kappa shape index (κ3) is 3.50. The van der Waals surface area contributed by atoms with Crippen LogP contribution in [-0.2, 0) is 4.79 Å². The molecule has 4 nitrogen and oxygen atoms in total. The summed E-state index contributed by atoms with van der Waals surface area (Å²) >= 11 is 0. The van der Waals surface area contributed by atoms with Crippen LogP contribution in [0.4, 0.5) is 0 Å². The number of nitrogens with zero attached hydrogens (tertiary/aromatic N) is 1. The number of amides is 1. The molecule has 130 valence electrons. The van der Waals surface area contributed by atoms with Gasteiger partial charge in [-0.2, -0.15) is 0 Å². The van der Waals surface area contributed by atoms with Crippen molar-refractivity contribution in [1.82, 2.24) is 15.5 Å². The first kappa shape index (κ1) is 16.1. The van der Waals surface area contributed by atoms with Crippen molar-refractivity contribution in [3.63, 3.8) is 0 Å². The van der Waals surface area contributed by atoms with E-state index in [1.54, 1.807) is 0 Å². The van der Waals surface area contributed by atoms with E-state index in [1.807, 2.05) is 6.07 Å². The zero-order chi connectivity index (χ0) is 16.4. The molecular formula is C20H29N3O. The molecule has 2 heterocycles. The van der Waals surface area contributed by atoms with Gasteiger partial charge in [-0.1, -0.05) is 43.2 Å². The zero-order valence-corrected chi connectivity index (χ0v) is 14.4. The SMILES string of the molecule is O=C(NC(CN1CC2CNCC2C1)c1ccccc1)C1CCCC1. The Morgan fingerprint density at radius 1 is 1.12 bits per heavy atom. The van der Waals surface area contributed by atoms with Crippen LogP contribution in [0.15, 0.2) is 30.3 Å². The number of carbonyl (C=O) groups excluding carboxylic acids is 1. The van der Waals surface area contributed by atoms with E-state index in [4.69, 9.17) is 0 Å². The Morgan fingerprint density at radius 2 is 1.79 bits per heavy atom. The standard InChI is InChI=1S/C20H29N3O/c24-20(16-8-4-5-9-16)22-19(15-6-2-1-3-7-15)14-23-12-17-10-21-11-18(17)13-23/h1-3,6-7,16-19,21H,4-5,8-14H2,(H,22,24). The molecule has 2 N–H and O–H groups in total. The predicted octanol–water partition coefficient (Wildman–Crippen LogP) is 2.19. The van der Waals surface area contributed by atoms with Gasteiger partial charge in [-0.25, -0.2) is 0 Å². The Morgan fingerprint density at radius 3 is 2.46 bits per heavy atom. The summed E-state index contributed by atoms with van der Waals surface area (Å²) in [6.45, 7) is 5.59. The lowest BCUT2D eigenvalue weighted by Crippen LogP contribution is -2.40. The summed E-state index contributed by atoms with van der Waals surface area (Å²) in [5, 5.41) is 6.87. The Hall–Kier alpha value is -1.39. The highest BCUT2D eigenvalue weighted by atomic mass is 16.2. The van der Waals surface area contributed by atoms with Crippen LogP contribution in [0.5, 0.6) is 0 Å². The van der Waals surface area contributed by atoms with Crippen molar-refractivity contribution in [2.75, 3.05) is 32.7 Å². The molecule has 1 aromatic carbocycles. The summed E-state index contributed by atoms with van der Waals surface area (Å²) in [6, 6.07) is 10.6. The maximum absolute atomic E-state index is 12.7. The predicted molar refractivity (Wildman–Crippen MR) is 95.6 cm³/mol. The lowest BCUT2D eigenvalue weighted by atomic mass is 10.0. The Balaban J connectivity index is 1.43. The summed E-state index contributed by atoms with van der Waals surface area (Å²) in [4.78, 5) is 15.2. The van der Waals surface area contributed by atoms with Crippen molar-refractivity contribution in [2.45, 2.75) is 31.7 Å². The molecule has 3 fully saturated rings. The molecule has 1 aromatic rings. The molecule has 2 saturated heterocycles. The van der Waals surface area contributed by atoms with Crippen molar-refractivity contribution in [2.24, 2.45) is 17.8 Å². The van der Waals surface area contributed by atoms with E-state index in [0.29, 0.717) is 0 Å². The number of hydrogen-bond acceptors (Lipinski definition) is 3. The van der Waals surface area contributed by atoms with Gasteiger partial charge in [-0.05, 0) is 43.3 Å². The third-order valence-corrected chi connectivity index (χ3v) is 6.15. The van der Waals surface area contributed by atoms with Gasteiger partial charge in [0.1, 0.15) is 0 Å². The number of rotatable bonds is 5. The molecule has 1 aliphatic carbocycles. The van der Waals surface area contributed by atoms with Crippen LogP contribution in [0.25, 0.3) is 0 Å². The van der Waals surface area contributed by atoms with Gasteiger partial charge < -0.3 is 15.5 Å². The van der Waals surface area contributed by atoms with Crippen LogP contribution in [0, 0.1) is 17.8 Å². The molecule has 2 aliphatic heterocycles. The molecule has 0 radical (unpaired) electrons. The molecule has 0 bridgehead atoms. The molecular weight excluding hydrogens is 298 g/mol. The highest BCUT2D eigenvalue weighted by molar-refractivity contribution is 5.79. The third-order valence-electron chi connectivity index (χ3n) is 6.15. The van der Waals surface area contributed by atoms with Crippen LogP contribution in [-0.4, -0.2) is 43.5 Å². The molecule has 0 spiro atoms. The molecule has 3 atom stereocenters. The topological polar surface area (TPSA) is 44.4 Å². The first-order chi connectivity index (χ1) is 11.8. The van der Waals surface area contributed by atoms with Crippen LogP contribution < -0.4 is 10.6 Å². The molecule has 24 heavy (non-hydrogen) atoms. The van der Waals surface area contributed by atoms with Gasteiger partial charge in [0.25, 0.3) is 0 Å². The summed E-state index contributed by atoms with van der Waals surface area (Å²) in [5.74, 6) is 2.10. The first-order valence-electron chi connectivity index (χ1n) is 9.58. The van der Waals surface area contributed by atoms with Gasteiger partial charge in [-0.3, -0.25) is 4.79 Å². The fourth-order valence-corrected chi connectivity index (χ4v) is 4.76. The summed E-state index contributed by atoms with van der Waals surface area (Å²) in [6.07, 6.45) is 4.53. The Labute approximate surface area is 145 Å². The van der Waals surface area contributed by atoms with E-state index in [-0.39, 0.29) is 17.9 Å². The Bertz CT molecular complexity index is 543. The quantitative estimate of drug-likeness (QED) is 0.871. The number of nitrogens with one attached hydrogen (secondary N) is 2. The van der Waals surface area contributed by atoms with Gasteiger partial charge in [0, 0.05) is 25.6 Å². The minimum Gasteiger partial charge on any atom is -0.348 e. The van der Waals surface area contributed by atoms with Crippen LogP contribution in [0.2, 0.25) is 0 Å². The Kier molecular flexibility index (Phi) is 4.86. The molecule has 3 unspecified atom stereocenters. The van der Waals surface area contributed by atoms with E-state index < -0.39 is 0 Å². The van der Waals surface area contributed by atoms with Crippen molar-refractivity contribution >= 4 is 5.91 Å². The second kappa shape index (κ2) is 7.24. The normalized spacial score (nSPS) is 28.8. The summed E-state index contributed by atoms with van der Waals surface area (Å²) in [5.41, 5.74) is 1.24. The summed E-state index contributed by atoms with van der Waals surface area (Å²) in [7, 11) is 0. The number of hydrogen-bond donors (Lipinski definition) is 2. The highest BCUT2D eigenvalue weighted by Crippen LogP contribution is 2.29. The average molecular weight is 327 g/mol. The number of likely N-dealkylation sites (tertiary alicyclic amines) is 1. The maximum Gasteiger partial charge on any atom is 0.223 e. The fourth-order valence-electron chi connectivity index (χ4n) is 4.76. The van der Waals surface area contributed by atoms with Crippen molar-refractivity contribution in [3.8, 4) is 0 Å². The molecule has 4 rings (SSSR count). The number of benzene rings is 1. The second-order valence-corrected chi connectivity index (χ2v) is 7.85. The largest absolute Gasteiger partial charge is 0.348 e. The molecule has 0 aromatic heterocycles. The van der Waals surface area contributed by atoms with Gasteiger partial charge >= 0.3 is 0 Å². The van der Waals surface area contributed by atoms with Crippen molar-refractivity contribution in [1.29, 1.82) is 0 Å². The van der Waals surface area contributed by atoms with Gasteiger partial charge in [0.15, 0.2) is 0 Å². The molecule has 3 aliphatic rings. The average Bonchev–Trinajstić information content (AvgIpc) is 3.32. The van der Waals surface area contributed by atoms with Gasteiger partial charge in [-0.15, -0.1) is 0 Å². The second-order valence-electron chi connectivity index (χ2n) is 7.85. The van der Waals surface area contributed by atoms with Crippen LogP contribution in [0.3, 0.4) is 0 Å². The summed E-state index contributed by atoms with van der Waals surface area (Å²) < 4.78 is 0. The highest BCUT2D eigenvalue weighted by Gasteiger charge is 2.37. The van der Waals surface area contributed by atoms with E-state index in [2.05, 4.69) is 39.8 Å². The van der Waals surface area contributed by atoms with Crippen LogP contribution >= 0.6 is 0 Å². The zero-order valence-electron chi connectivity index (χ0n) is 14.4. The monoisotopic (exact) mass is 327 g/mol. The van der Waals surface area contributed by atoms with Crippen molar-refractivity contribution < 1.29 is 4.79 Å². The van der Waals surface area contributed by atoms with Gasteiger partial charge in [0.05, 0.1) is 6.04 Å². The lowest BCUT2D eigenvalue weighted by Gasteiger charge is -2.27. The van der Waals surface area contributed by atoms with E-state index in [1.165, 1.54) is 31.5 Å². The molecule has 1 amide bonds. The lowest BCUT2D eigenvalue weighted by molar-refractivity contribution is -0.125. The smallest absolute Gasteiger partial charge is 0.223 e.